The van der Waals surface area contributed by atoms with E-state index in [-0.39, 0.29) is 17.8 Å². The maximum atomic E-state index is 12.2. The van der Waals surface area contributed by atoms with E-state index in [0.717, 1.165) is 0 Å². The molecule has 18 heavy (non-hydrogen) atoms. The molecule has 0 saturated carbocycles. The highest BCUT2D eigenvalue weighted by molar-refractivity contribution is 6.33. The van der Waals surface area contributed by atoms with E-state index < -0.39 is 0 Å². The van der Waals surface area contributed by atoms with Crippen molar-refractivity contribution < 1.29 is 14.3 Å². The largest absolute Gasteiger partial charge is 0.469 e. The number of esters is 1. The van der Waals surface area contributed by atoms with Crippen LogP contribution in [0.25, 0.3) is 0 Å². The van der Waals surface area contributed by atoms with Crippen LogP contribution in [-0.2, 0) is 9.53 Å². The molecule has 0 aliphatic carbocycles. The number of halogens is 1. The Balaban J connectivity index is 2.08. The lowest BCUT2D eigenvalue weighted by Crippen LogP contribution is -2.30. The molecule has 5 heteroatoms. The number of carbonyl (C=O) groups excluding carboxylic acids is 2. The van der Waals surface area contributed by atoms with Gasteiger partial charge in [-0.2, -0.15) is 0 Å². The van der Waals surface area contributed by atoms with Crippen molar-refractivity contribution in [3.05, 3.63) is 34.9 Å². The van der Waals surface area contributed by atoms with Gasteiger partial charge in [0, 0.05) is 13.1 Å². The maximum absolute atomic E-state index is 12.2. The Morgan fingerprint density at radius 1 is 1.39 bits per heavy atom. The van der Waals surface area contributed by atoms with E-state index in [9.17, 15) is 9.59 Å². The van der Waals surface area contributed by atoms with Crippen molar-refractivity contribution in [1.82, 2.24) is 4.90 Å². The molecule has 1 amide bonds. The fourth-order valence-electron chi connectivity index (χ4n) is 2.11. The molecule has 0 spiro atoms. The Kier molecular flexibility index (Phi) is 3.87. The van der Waals surface area contributed by atoms with Crippen molar-refractivity contribution in [3.8, 4) is 0 Å². The number of hydrogen-bond acceptors (Lipinski definition) is 3. The van der Waals surface area contributed by atoms with Gasteiger partial charge in [-0.3, -0.25) is 9.59 Å². The van der Waals surface area contributed by atoms with Gasteiger partial charge in [0.15, 0.2) is 0 Å². The van der Waals surface area contributed by atoms with E-state index in [0.29, 0.717) is 30.1 Å². The average molecular weight is 268 g/mol. The fraction of sp³-hybridized carbons (Fsp3) is 0.385. The van der Waals surface area contributed by atoms with Crippen LogP contribution in [0.1, 0.15) is 16.8 Å². The molecule has 1 aliphatic heterocycles. The second kappa shape index (κ2) is 5.40. The number of hydrogen-bond donors (Lipinski definition) is 0. The summed E-state index contributed by atoms with van der Waals surface area (Å²) in [4.78, 5) is 25.3. The average Bonchev–Trinajstić information content (AvgIpc) is 2.87. The zero-order valence-corrected chi connectivity index (χ0v) is 10.8. The number of likely N-dealkylation sites (tertiary alicyclic amines) is 1. The Bertz CT molecular complexity index is 475. The minimum Gasteiger partial charge on any atom is -0.469 e. The van der Waals surface area contributed by atoms with Crippen molar-refractivity contribution in [2.75, 3.05) is 20.2 Å². The van der Waals surface area contributed by atoms with E-state index in [1.807, 2.05) is 0 Å². The third-order valence-electron chi connectivity index (χ3n) is 3.11. The molecule has 4 nitrogen and oxygen atoms in total. The first-order valence-corrected chi connectivity index (χ1v) is 6.13. The van der Waals surface area contributed by atoms with Crippen LogP contribution in [0.2, 0.25) is 5.02 Å². The summed E-state index contributed by atoms with van der Waals surface area (Å²) in [5.41, 5.74) is 0.477. The van der Waals surface area contributed by atoms with E-state index in [4.69, 9.17) is 11.6 Å². The van der Waals surface area contributed by atoms with E-state index in [2.05, 4.69) is 4.74 Å². The van der Waals surface area contributed by atoms with Gasteiger partial charge in [-0.15, -0.1) is 0 Å². The molecule has 1 fully saturated rings. The fourth-order valence-corrected chi connectivity index (χ4v) is 2.33. The van der Waals surface area contributed by atoms with Gasteiger partial charge in [0.2, 0.25) is 0 Å². The number of benzene rings is 1. The predicted octanol–water partition coefficient (Wildman–Crippen LogP) is 1.98. The molecule has 0 aromatic heterocycles. The number of methoxy groups -OCH3 is 1. The highest BCUT2D eigenvalue weighted by Gasteiger charge is 2.32. The molecular weight excluding hydrogens is 254 g/mol. The van der Waals surface area contributed by atoms with Crippen molar-refractivity contribution in [2.45, 2.75) is 6.42 Å². The van der Waals surface area contributed by atoms with Crippen LogP contribution >= 0.6 is 11.6 Å². The Hall–Kier alpha value is -1.55. The van der Waals surface area contributed by atoms with Gasteiger partial charge in [0.05, 0.1) is 23.6 Å². The molecule has 0 N–H and O–H groups in total. The van der Waals surface area contributed by atoms with Gasteiger partial charge < -0.3 is 9.64 Å². The predicted molar refractivity (Wildman–Crippen MR) is 67.5 cm³/mol. The second-order valence-electron chi connectivity index (χ2n) is 4.24. The number of carbonyl (C=O) groups is 2. The van der Waals surface area contributed by atoms with E-state index >= 15 is 0 Å². The van der Waals surface area contributed by atoms with Gasteiger partial charge in [0.25, 0.3) is 5.91 Å². The lowest BCUT2D eigenvalue weighted by atomic mass is 10.1. The van der Waals surface area contributed by atoms with Crippen molar-refractivity contribution >= 4 is 23.5 Å². The molecule has 0 bridgehead atoms. The lowest BCUT2D eigenvalue weighted by molar-refractivity contribution is -0.144. The van der Waals surface area contributed by atoms with Gasteiger partial charge in [-0.05, 0) is 18.6 Å². The monoisotopic (exact) mass is 267 g/mol. The first-order valence-electron chi connectivity index (χ1n) is 5.75. The summed E-state index contributed by atoms with van der Waals surface area (Å²) in [6.07, 6.45) is 0.642. The van der Waals surface area contributed by atoms with Crippen LogP contribution in [0.5, 0.6) is 0 Å². The van der Waals surface area contributed by atoms with Crippen LogP contribution < -0.4 is 0 Å². The summed E-state index contributed by atoms with van der Waals surface area (Å²) >= 11 is 5.98. The standard InChI is InChI=1S/C13H14ClNO3/c1-18-13(17)9-6-7-15(8-9)12(16)10-4-2-3-5-11(10)14/h2-5,9H,6-8H2,1H3. The van der Waals surface area contributed by atoms with Crippen LogP contribution in [-0.4, -0.2) is 37.0 Å². The number of rotatable bonds is 2. The van der Waals surface area contributed by atoms with E-state index in [1.165, 1.54) is 7.11 Å². The molecule has 0 radical (unpaired) electrons. The maximum Gasteiger partial charge on any atom is 0.310 e. The SMILES string of the molecule is COC(=O)C1CCN(C(=O)c2ccccc2Cl)C1. The summed E-state index contributed by atoms with van der Waals surface area (Å²) in [7, 11) is 1.36. The smallest absolute Gasteiger partial charge is 0.310 e. The number of amides is 1. The third-order valence-corrected chi connectivity index (χ3v) is 3.44. The summed E-state index contributed by atoms with van der Waals surface area (Å²) in [6, 6.07) is 6.92. The molecule has 1 aromatic rings. The second-order valence-corrected chi connectivity index (χ2v) is 4.65. The molecule has 2 rings (SSSR count). The third kappa shape index (κ3) is 2.48. The summed E-state index contributed by atoms with van der Waals surface area (Å²) < 4.78 is 4.69. The molecule has 96 valence electrons. The Labute approximate surface area is 110 Å². The minimum atomic E-state index is -0.260. The van der Waals surface area contributed by atoms with Crippen molar-refractivity contribution in [3.63, 3.8) is 0 Å². The normalized spacial score (nSPS) is 18.8. The van der Waals surface area contributed by atoms with Crippen molar-refractivity contribution in [1.29, 1.82) is 0 Å². The quantitative estimate of drug-likeness (QED) is 0.770. The number of ether oxygens (including phenoxy) is 1. The summed E-state index contributed by atoms with van der Waals surface area (Å²) in [5, 5.41) is 0.434. The first-order chi connectivity index (χ1) is 8.63. The molecule has 1 aromatic carbocycles. The van der Waals surface area contributed by atoms with Gasteiger partial charge in [-0.25, -0.2) is 0 Å². The van der Waals surface area contributed by atoms with Gasteiger partial charge >= 0.3 is 5.97 Å². The Morgan fingerprint density at radius 3 is 2.78 bits per heavy atom. The van der Waals surface area contributed by atoms with E-state index in [1.54, 1.807) is 29.2 Å². The Morgan fingerprint density at radius 2 is 2.11 bits per heavy atom. The summed E-state index contributed by atoms with van der Waals surface area (Å²) in [5.74, 6) is -0.613. The lowest BCUT2D eigenvalue weighted by Gasteiger charge is -2.16. The molecule has 1 aliphatic rings. The van der Waals surface area contributed by atoms with Crippen LogP contribution in [0.4, 0.5) is 0 Å². The first kappa shape index (κ1) is 12.9. The van der Waals surface area contributed by atoms with Crippen LogP contribution in [0.3, 0.4) is 0 Å². The molecule has 1 saturated heterocycles. The van der Waals surface area contributed by atoms with Crippen LogP contribution in [0, 0.1) is 5.92 Å². The zero-order valence-electron chi connectivity index (χ0n) is 10.1. The topological polar surface area (TPSA) is 46.6 Å². The zero-order chi connectivity index (χ0) is 13.1. The highest BCUT2D eigenvalue weighted by Crippen LogP contribution is 2.23. The van der Waals surface area contributed by atoms with Gasteiger partial charge in [-0.1, -0.05) is 23.7 Å². The summed E-state index contributed by atoms with van der Waals surface area (Å²) in [6.45, 7) is 0.959. The molecule has 1 heterocycles. The molecule has 1 unspecified atom stereocenters. The van der Waals surface area contributed by atoms with Gasteiger partial charge in [0.1, 0.15) is 0 Å². The van der Waals surface area contributed by atoms with Crippen LogP contribution in [0.15, 0.2) is 24.3 Å². The number of nitrogens with zero attached hydrogens (tertiary/aromatic N) is 1. The highest BCUT2D eigenvalue weighted by atomic mass is 35.5. The minimum absolute atomic E-state index is 0.132. The van der Waals surface area contributed by atoms with Crippen molar-refractivity contribution in [2.24, 2.45) is 5.92 Å². The molecular formula is C13H14ClNO3. The molecule has 1 atom stereocenters.